The molecule has 13 heavy (non-hydrogen) atoms. The van der Waals surface area contributed by atoms with E-state index in [1.165, 1.54) is 12.0 Å². The van der Waals surface area contributed by atoms with Gasteiger partial charge in [-0.15, -0.1) is 0 Å². The number of esters is 1. The number of hydrogen-bond donors (Lipinski definition) is 2. The normalized spacial score (nSPS) is 22.5. The van der Waals surface area contributed by atoms with Crippen molar-refractivity contribution in [3.05, 3.63) is 0 Å². The number of primary amides is 1. The van der Waals surface area contributed by atoms with Crippen LogP contribution in [0.25, 0.3) is 0 Å². The average Bonchev–Trinajstić information content (AvgIpc) is 2.16. The number of nitrogens with two attached hydrogens (primary N) is 1. The Kier molecular flexibility index (Phi) is 3.07. The summed E-state index contributed by atoms with van der Waals surface area (Å²) in [4.78, 5) is 23.4. The highest BCUT2D eigenvalue weighted by molar-refractivity contribution is 5.83. The summed E-state index contributed by atoms with van der Waals surface area (Å²) in [6.07, 6.45) is 0. The van der Waals surface area contributed by atoms with Gasteiger partial charge in [-0.3, -0.25) is 0 Å². The second kappa shape index (κ2) is 4.08. The zero-order valence-electron chi connectivity index (χ0n) is 7.45. The molecule has 0 saturated carbocycles. The molecule has 6 heteroatoms. The summed E-state index contributed by atoms with van der Waals surface area (Å²) < 4.78 is 4.54. The second-order valence-electron chi connectivity index (χ2n) is 2.77. The predicted molar refractivity (Wildman–Crippen MR) is 45.0 cm³/mol. The molecule has 1 unspecified atom stereocenters. The SMILES string of the molecule is COC(=O)C1CNCCN1C(N)=O. The smallest absolute Gasteiger partial charge is 0.329 e. The van der Waals surface area contributed by atoms with Gasteiger partial charge in [-0.05, 0) is 0 Å². The van der Waals surface area contributed by atoms with Gasteiger partial charge in [-0.2, -0.15) is 0 Å². The summed E-state index contributed by atoms with van der Waals surface area (Å²) in [6.45, 7) is 1.49. The van der Waals surface area contributed by atoms with Crippen molar-refractivity contribution >= 4 is 12.0 Å². The molecule has 1 aliphatic rings. The first kappa shape index (κ1) is 9.79. The number of methoxy groups -OCH3 is 1. The molecule has 0 aliphatic carbocycles. The van der Waals surface area contributed by atoms with E-state index in [9.17, 15) is 9.59 Å². The Labute approximate surface area is 76.0 Å². The van der Waals surface area contributed by atoms with Gasteiger partial charge < -0.3 is 20.7 Å². The third kappa shape index (κ3) is 2.09. The van der Waals surface area contributed by atoms with Gasteiger partial charge in [0.05, 0.1) is 7.11 Å². The zero-order chi connectivity index (χ0) is 9.84. The predicted octanol–water partition coefficient (Wildman–Crippen LogP) is -1.49. The Morgan fingerprint density at radius 1 is 1.62 bits per heavy atom. The third-order valence-corrected chi connectivity index (χ3v) is 2.00. The zero-order valence-corrected chi connectivity index (χ0v) is 7.45. The number of carbonyl (C=O) groups is 2. The van der Waals surface area contributed by atoms with E-state index in [1.54, 1.807) is 0 Å². The molecule has 0 spiro atoms. The Balaban J connectivity index is 2.67. The topological polar surface area (TPSA) is 84.7 Å². The lowest BCUT2D eigenvalue weighted by molar-refractivity contribution is -0.146. The molecule has 6 nitrogen and oxygen atoms in total. The number of carbonyl (C=O) groups excluding carboxylic acids is 2. The Morgan fingerprint density at radius 3 is 2.85 bits per heavy atom. The fraction of sp³-hybridized carbons (Fsp3) is 0.714. The largest absolute Gasteiger partial charge is 0.467 e. The van der Waals surface area contributed by atoms with Gasteiger partial charge in [-0.25, -0.2) is 9.59 Å². The van der Waals surface area contributed by atoms with Crippen LogP contribution in [-0.4, -0.2) is 49.7 Å². The molecule has 3 N–H and O–H groups in total. The lowest BCUT2D eigenvalue weighted by atomic mass is 10.2. The first-order valence-corrected chi connectivity index (χ1v) is 4.01. The molecule has 74 valence electrons. The molecule has 1 saturated heterocycles. The quantitative estimate of drug-likeness (QED) is 0.490. The van der Waals surface area contributed by atoms with Crippen LogP contribution < -0.4 is 11.1 Å². The highest BCUT2D eigenvalue weighted by Crippen LogP contribution is 2.04. The van der Waals surface area contributed by atoms with Crippen LogP contribution >= 0.6 is 0 Å². The number of piperazine rings is 1. The van der Waals surface area contributed by atoms with Gasteiger partial charge >= 0.3 is 12.0 Å². The molecule has 2 amide bonds. The fourth-order valence-corrected chi connectivity index (χ4v) is 1.31. The number of ether oxygens (including phenoxy) is 1. The average molecular weight is 187 g/mol. The van der Waals surface area contributed by atoms with Gasteiger partial charge in [0.15, 0.2) is 0 Å². The fourth-order valence-electron chi connectivity index (χ4n) is 1.31. The Bertz CT molecular complexity index is 219. The number of amides is 2. The number of nitrogens with one attached hydrogen (secondary N) is 1. The minimum Gasteiger partial charge on any atom is -0.467 e. The van der Waals surface area contributed by atoms with E-state index >= 15 is 0 Å². The minimum atomic E-state index is -0.587. The van der Waals surface area contributed by atoms with E-state index in [0.29, 0.717) is 19.6 Å². The van der Waals surface area contributed by atoms with Gasteiger partial charge in [0.1, 0.15) is 6.04 Å². The van der Waals surface area contributed by atoms with Crippen LogP contribution in [0, 0.1) is 0 Å². The maximum absolute atomic E-state index is 11.2. The molecule has 1 aliphatic heterocycles. The molecule has 0 aromatic rings. The minimum absolute atomic E-state index is 0.398. The van der Waals surface area contributed by atoms with Crippen molar-refractivity contribution in [1.82, 2.24) is 10.2 Å². The van der Waals surface area contributed by atoms with Crippen LogP contribution in [0.3, 0.4) is 0 Å². The standard InChI is InChI=1S/C7H13N3O3/c1-13-6(11)5-4-9-2-3-10(5)7(8)12/h5,9H,2-4H2,1H3,(H2,8,12). The molecule has 0 aromatic heterocycles. The molecular formula is C7H13N3O3. The van der Waals surface area contributed by atoms with Crippen molar-refractivity contribution in [3.8, 4) is 0 Å². The van der Waals surface area contributed by atoms with Gasteiger partial charge in [0, 0.05) is 19.6 Å². The number of hydrogen-bond acceptors (Lipinski definition) is 4. The number of rotatable bonds is 1. The lowest BCUT2D eigenvalue weighted by Crippen LogP contribution is -2.58. The van der Waals surface area contributed by atoms with Crippen molar-refractivity contribution in [2.75, 3.05) is 26.7 Å². The molecule has 0 radical (unpaired) electrons. The monoisotopic (exact) mass is 187 g/mol. The van der Waals surface area contributed by atoms with Crippen LogP contribution in [0.4, 0.5) is 4.79 Å². The van der Waals surface area contributed by atoms with Crippen LogP contribution in [0.15, 0.2) is 0 Å². The molecule has 0 bridgehead atoms. The summed E-state index contributed by atoms with van der Waals surface area (Å²) >= 11 is 0. The van der Waals surface area contributed by atoms with E-state index in [-0.39, 0.29) is 0 Å². The molecule has 1 rings (SSSR count). The van der Waals surface area contributed by atoms with Gasteiger partial charge in [0.25, 0.3) is 0 Å². The van der Waals surface area contributed by atoms with Crippen molar-refractivity contribution in [1.29, 1.82) is 0 Å². The van der Waals surface area contributed by atoms with Crippen LogP contribution in [0.1, 0.15) is 0 Å². The van der Waals surface area contributed by atoms with Gasteiger partial charge in [-0.1, -0.05) is 0 Å². The summed E-state index contributed by atoms with van der Waals surface area (Å²) in [6, 6.07) is -1.17. The van der Waals surface area contributed by atoms with Crippen molar-refractivity contribution < 1.29 is 14.3 Å². The van der Waals surface area contributed by atoms with Crippen LogP contribution in [-0.2, 0) is 9.53 Å². The molecule has 1 atom stereocenters. The van der Waals surface area contributed by atoms with Crippen LogP contribution in [0.2, 0.25) is 0 Å². The summed E-state index contributed by atoms with van der Waals surface area (Å²) in [5.74, 6) is -0.439. The van der Waals surface area contributed by atoms with Crippen molar-refractivity contribution in [3.63, 3.8) is 0 Å². The van der Waals surface area contributed by atoms with Crippen LogP contribution in [0.5, 0.6) is 0 Å². The van der Waals surface area contributed by atoms with Crippen molar-refractivity contribution in [2.45, 2.75) is 6.04 Å². The van der Waals surface area contributed by atoms with E-state index in [2.05, 4.69) is 10.1 Å². The van der Waals surface area contributed by atoms with E-state index in [1.807, 2.05) is 0 Å². The maximum Gasteiger partial charge on any atom is 0.329 e. The van der Waals surface area contributed by atoms with E-state index in [0.717, 1.165) is 0 Å². The van der Waals surface area contributed by atoms with Gasteiger partial charge in [0.2, 0.25) is 0 Å². The summed E-state index contributed by atoms with van der Waals surface area (Å²) in [5.41, 5.74) is 5.10. The molecule has 1 heterocycles. The highest BCUT2D eigenvalue weighted by atomic mass is 16.5. The molecule has 0 aromatic carbocycles. The lowest BCUT2D eigenvalue weighted by Gasteiger charge is -2.32. The number of nitrogens with zero attached hydrogens (tertiary/aromatic N) is 1. The maximum atomic E-state index is 11.2. The first-order valence-electron chi connectivity index (χ1n) is 4.01. The first-order chi connectivity index (χ1) is 6.16. The van der Waals surface area contributed by atoms with Crippen molar-refractivity contribution in [2.24, 2.45) is 5.73 Å². The third-order valence-electron chi connectivity index (χ3n) is 2.00. The van der Waals surface area contributed by atoms with E-state index in [4.69, 9.17) is 5.73 Å². The second-order valence-corrected chi connectivity index (χ2v) is 2.77. The van der Waals surface area contributed by atoms with E-state index < -0.39 is 18.0 Å². The Hall–Kier alpha value is -1.30. The Morgan fingerprint density at radius 2 is 2.31 bits per heavy atom. The summed E-state index contributed by atoms with van der Waals surface area (Å²) in [7, 11) is 1.29. The summed E-state index contributed by atoms with van der Waals surface area (Å²) in [5, 5.41) is 2.98. The molecular weight excluding hydrogens is 174 g/mol. The highest BCUT2D eigenvalue weighted by Gasteiger charge is 2.31. The number of urea groups is 1. The molecule has 1 fully saturated rings.